The predicted molar refractivity (Wildman–Crippen MR) is 85.4 cm³/mol. The van der Waals surface area contributed by atoms with Gasteiger partial charge in [-0.3, -0.25) is 4.79 Å². The van der Waals surface area contributed by atoms with Crippen LogP contribution >= 0.6 is 0 Å². The fourth-order valence-electron chi connectivity index (χ4n) is 3.10. The Morgan fingerprint density at radius 2 is 1.96 bits per heavy atom. The average molecular weight is 317 g/mol. The van der Waals surface area contributed by atoms with Crippen LogP contribution in [0.5, 0.6) is 0 Å². The van der Waals surface area contributed by atoms with E-state index in [-0.39, 0.29) is 18.1 Å². The summed E-state index contributed by atoms with van der Waals surface area (Å²) in [6.45, 7) is 6.19. The van der Waals surface area contributed by atoms with Crippen LogP contribution in [-0.2, 0) is 25.7 Å². The Hall–Kier alpha value is -1.69. The second kappa shape index (κ2) is 6.43. The van der Waals surface area contributed by atoms with Gasteiger partial charge in [0.2, 0.25) is 0 Å². The summed E-state index contributed by atoms with van der Waals surface area (Å²) in [5.74, 6) is -0.128. The van der Waals surface area contributed by atoms with Crippen molar-refractivity contribution in [3.8, 4) is 0 Å². The second-order valence-corrected chi connectivity index (χ2v) is 6.51. The van der Waals surface area contributed by atoms with E-state index in [1.807, 2.05) is 45.0 Å². The highest BCUT2D eigenvalue weighted by molar-refractivity contribution is 5.84. The molecule has 1 aromatic rings. The van der Waals surface area contributed by atoms with E-state index in [0.29, 0.717) is 6.61 Å². The summed E-state index contributed by atoms with van der Waals surface area (Å²) in [5.41, 5.74) is 0.526. The van der Waals surface area contributed by atoms with E-state index >= 15 is 0 Å². The van der Waals surface area contributed by atoms with E-state index in [2.05, 4.69) is 12.1 Å². The monoisotopic (exact) mass is 317 g/mol. The summed E-state index contributed by atoms with van der Waals surface area (Å²) in [6.07, 6.45) is 3.49. The van der Waals surface area contributed by atoms with Crippen molar-refractivity contribution in [2.24, 2.45) is 0 Å². The minimum absolute atomic E-state index is 0.0174. The number of carbonyl (C=O) groups is 1. The van der Waals surface area contributed by atoms with Gasteiger partial charge in [0, 0.05) is 0 Å². The molecule has 2 aliphatic heterocycles. The van der Waals surface area contributed by atoms with Crippen molar-refractivity contribution in [2.45, 2.75) is 51.2 Å². The summed E-state index contributed by atoms with van der Waals surface area (Å²) in [5, 5.41) is 0. The molecule has 124 valence electrons. The molecule has 3 atom stereocenters. The van der Waals surface area contributed by atoms with Crippen molar-refractivity contribution < 1.29 is 19.3 Å². The Morgan fingerprint density at radius 3 is 2.61 bits per heavy atom. The number of carbonyl (C=O) groups excluding carboxylic acids is 1. The van der Waals surface area contributed by atoms with Crippen LogP contribution in [0, 0.1) is 0 Å². The zero-order valence-corrected chi connectivity index (χ0v) is 13.8. The van der Waals surface area contributed by atoms with Gasteiger partial charge in [-0.25, -0.2) is 9.78 Å². The van der Waals surface area contributed by atoms with Crippen molar-refractivity contribution in [3.05, 3.63) is 48.0 Å². The van der Waals surface area contributed by atoms with Gasteiger partial charge in [0.1, 0.15) is 11.8 Å². The Labute approximate surface area is 136 Å². The molecule has 0 bridgehead atoms. The highest BCUT2D eigenvalue weighted by Crippen LogP contribution is 2.31. The quantitative estimate of drug-likeness (QED) is 0.635. The van der Waals surface area contributed by atoms with Gasteiger partial charge in [-0.1, -0.05) is 36.4 Å². The molecule has 0 saturated carbocycles. The van der Waals surface area contributed by atoms with Gasteiger partial charge in [0.15, 0.2) is 6.10 Å². The second-order valence-electron chi connectivity index (χ2n) is 6.51. The molecular weight excluding hydrogens is 294 g/mol. The summed E-state index contributed by atoms with van der Waals surface area (Å²) >= 11 is 0. The smallest absolute Gasteiger partial charge is 0.261 e. The molecule has 2 aliphatic rings. The predicted octanol–water partition coefficient (Wildman–Crippen LogP) is 2.47. The molecule has 1 saturated heterocycles. The first-order valence-electron chi connectivity index (χ1n) is 7.99. The van der Waals surface area contributed by atoms with Crippen molar-refractivity contribution in [2.75, 3.05) is 6.61 Å². The number of nitrogens with zero attached hydrogens (tertiary/aromatic N) is 1. The Bertz CT molecular complexity index is 584. The van der Waals surface area contributed by atoms with Gasteiger partial charge in [0.25, 0.3) is 5.91 Å². The number of amides is 1. The Kier molecular flexibility index (Phi) is 4.53. The van der Waals surface area contributed by atoms with E-state index in [1.54, 1.807) is 11.0 Å². The summed E-state index contributed by atoms with van der Waals surface area (Å²) in [6, 6.07) is 10.1. The first kappa shape index (κ1) is 16.2. The zero-order valence-electron chi connectivity index (χ0n) is 13.8. The third-order valence-electron chi connectivity index (χ3n) is 4.24. The van der Waals surface area contributed by atoms with Crippen molar-refractivity contribution >= 4 is 5.91 Å². The Morgan fingerprint density at radius 1 is 1.22 bits per heavy atom. The highest BCUT2D eigenvalue weighted by Gasteiger charge is 2.46. The largest absolute Gasteiger partial charge is 0.354 e. The minimum Gasteiger partial charge on any atom is -0.354 e. The van der Waals surface area contributed by atoms with Gasteiger partial charge in [-0.2, -0.15) is 0 Å². The lowest BCUT2D eigenvalue weighted by Gasteiger charge is -2.36. The molecular formula is C18H23NO4. The molecule has 5 heteroatoms. The lowest BCUT2D eigenvalue weighted by atomic mass is 10.0. The van der Waals surface area contributed by atoms with Gasteiger partial charge >= 0.3 is 0 Å². The summed E-state index contributed by atoms with van der Waals surface area (Å²) in [7, 11) is 0. The number of rotatable bonds is 3. The van der Waals surface area contributed by atoms with Gasteiger partial charge < -0.3 is 9.64 Å². The highest BCUT2D eigenvalue weighted by atomic mass is 17.2. The van der Waals surface area contributed by atoms with E-state index in [4.69, 9.17) is 14.5 Å². The summed E-state index contributed by atoms with van der Waals surface area (Å²) in [4.78, 5) is 25.0. The lowest BCUT2D eigenvalue weighted by molar-refractivity contribution is -0.331. The molecule has 23 heavy (non-hydrogen) atoms. The van der Waals surface area contributed by atoms with Gasteiger partial charge in [-0.05, 0) is 38.8 Å². The van der Waals surface area contributed by atoms with Crippen LogP contribution in [0.2, 0.25) is 0 Å². The van der Waals surface area contributed by atoms with E-state index in [0.717, 1.165) is 6.42 Å². The molecule has 2 heterocycles. The molecule has 0 spiro atoms. The molecule has 0 radical (unpaired) electrons. The molecule has 0 N–H and O–H groups in total. The number of benzene rings is 1. The first-order valence-corrected chi connectivity index (χ1v) is 7.99. The van der Waals surface area contributed by atoms with Crippen LogP contribution in [0.1, 0.15) is 26.3 Å². The molecule has 5 nitrogen and oxygen atoms in total. The normalized spacial score (nSPS) is 29.7. The first-order chi connectivity index (χ1) is 11.0. The summed E-state index contributed by atoms with van der Waals surface area (Å²) < 4.78 is 5.86. The van der Waals surface area contributed by atoms with Crippen LogP contribution in [0.3, 0.4) is 0 Å². The minimum atomic E-state index is -0.717. The topological polar surface area (TPSA) is 48.0 Å². The maximum Gasteiger partial charge on any atom is 0.261 e. The Balaban J connectivity index is 1.78. The van der Waals surface area contributed by atoms with E-state index in [9.17, 15) is 4.79 Å². The van der Waals surface area contributed by atoms with Crippen LogP contribution in [0.25, 0.3) is 0 Å². The third kappa shape index (κ3) is 3.47. The van der Waals surface area contributed by atoms with Gasteiger partial charge in [-0.15, -0.1) is 0 Å². The van der Waals surface area contributed by atoms with Crippen molar-refractivity contribution in [1.82, 2.24) is 4.90 Å². The molecule has 1 fully saturated rings. The molecule has 1 aromatic carbocycles. The van der Waals surface area contributed by atoms with E-state index < -0.39 is 11.8 Å². The lowest BCUT2D eigenvalue weighted by Crippen LogP contribution is -2.53. The molecule has 0 aliphatic carbocycles. The van der Waals surface area contributed by atoms with Crippen LogP contribution < -0.4 is 0 Å². The fourth-order valence-corrected chi connectivity index (χ4v) is 3.10. The fraction of sp³-hybridized carbons (Fsp3) is 0.500. The number of ether oxygens (including phenoxy) is 1. The molecule has 1 amide bonds. The van der Waals surface area contributed by atoms with Crippen LogP contribution in [0.4, 0.5) is 0 Å². The molecule has 3 rings (SSSR count). The maximum atomic E-state index is 12.9. The van der Waals surface area contributed by atoms with Crippen LogP contribution in [-0.4, -0.2) is 41.4 Å². The van der Waals surface area contributed by atoms with Crippen molar-refractivity contribution in [3.63, 3.8) is 0 Å². The van der Waals surface area contributed by atoms with Crippen LogP contribution in [0.15, 0.2) is 42.5 Å². The standard InChI is InChI=1S/C18H23NO4/c1-13-9-10-16(23-22-13)17(20)19-15(12-21-18(19,2)3)11-14-7-5-4-6-8-14/h4-10,13,15-16H,11-12H2,1-3H3/t13-,15-,16-/m0/s1. The molecule has 0 unspecified atom stereocenters. The number of hydrogen-bond acceptors (Lipinski definition) is 4. The van der Waals surface area contributed by atoms with E-state index in [1.165, 1.54) is 5.56 Å². The SMILES string of the molecule is C[C@H]1C=C[C@@H](C(=O)N2[C@@H](Cc3ccccc3)COC2(C)C)OO1. The zero-order chi connectivity index (χ0) is 16.4. The van der Waals surface area contributed by atoms with Gasteiger partial charge in [0.05, 0.1) is 12.6 Å². The third-order valence-corrected chi connectivity index (χ3v) is 4.24. The van der Waals surface area contributed by atoms with Crippen molar-refractivity contribution in [1.29, 1.82) is 0 Å². The average Bonchev–Trinajstić information content (AvgIpc) is 2.83. The number of hydrogen-bond donors (Lipinski definition) is 0. The molecule has 0 aromatic heterocycles. The maximum absolute atomic E-state index is 12.9.